The number of halogens is 2. The molecule has 2 aromatic rings. The fraction of sp³-hybridized carbons (Fsp3) is 0.318. The molecule has 1 aliphatic rings. The van der Waals surface area contributed by atoms with Crippen molar-refractivity contribution in [2.24, 2.45) is 0 Å². The first kappa shape index (κ1) is 20.0. The van der Waals surface area contributed by atoms with E-state index in [2.05, 4.69) is 29.3 Å². The zero-order valence-electron chi connectivity index (χ0n) is 16.0. The van der Waals surface area contributed by atoms with E-state index in [4.69, 9.17) is 4.74 Å². The number of amides is 1. The molecule has 3 rings (SSSR count). The molecule has 0 aliphatic carbocycles. The Balaban J connectivity index is 1.63. The topological polar surface area (TPSA) is 41.6 Å². The van der Waals surface area contributed by atoms with Gasteiger partial charge in [-0.2, -0.15) is 0 Å². The van der Waals surface area contributed by atoms with Gasteiger partial charge in [-0.1, -0.05) is 18.2 Å². The molecule has 1 aliphatic heterocycles. The maximum absolute atomic E-state index is 13.2. The summed E-state index contributed by atoms with van der Waals surface area (Å²) in [4.78, 5) is 14.5. The minimum absolute atomic E-state index is 0.191. The Labute approximate surface area is 163 Å². The van der Waals surface area contributed by atoms with Crippen molar-refractivity contribution in [2.45, 2.75) is 26.0 Å². The van der Waals surface area contributed by atoms with Crippen molar-refractivity contribution >= 4 is 17.7 Å². The number of morpholine rings is 1. The quantitative estimate of drug-likeness (QED) is 0.788. The van der Waals surface area contributed by atoms with Gasteiger partial charge in [-0.05, 0) is 55.3 Å². The lowest BCUT2D eigenvalue weighted by atomic mass is 10.1. The summed E-state index contributed by atoms with van der Waals surface area (Å²) < 4.78 is 31.8. The predicted molar refractivity (Wildman–Crippen MR) is 106 cm³/mol. The fourth-order valence-electron chi connectivity index (χ4n) is 3.18. The Morgan fingerprint density at radius 1 is 1.25 bits per heavy atom. The first-order valence-electron chi connectivity index (χ1n) is 9.32. The molecule has 0 saturated carbocycles. The van der Waals surface area contributed by atoms with Crippen LogP contribution in [0.1, 0.15) is 31.0 Å². The molecule has 0 radical (unpaired) electrons. The van der Waals surface area contributed by atoms with Crippen molar-refractivity contribution in [3.05, 3.63) is 71.3 Å². The molecule has 2 aromatic carbocycles. The molecule has 28 heavy (non-hydrogen) atoms. The highest BCUT2D eigenvalue weighted by Gasteiger charge is 2.18. The molecule has 1 unspecified atom stereocenters. The summed E-state index contributed by atoms with van der Waals surface area (Å²) in [6, 6.07) is 11.4. The monoisotopic (exact) mass is 386 g/mol. The third-order valence-electron chi connectivity index (χ3n) is 4.71. The summed E-state index contributed by atoms with van der Waals surface area (Å²) in [6.45, 7) is 6.33. The van der Waals surface area contributed by atoms with Crippen LogP contribution in [0.25, 0.3) is 6.08 Å². The Hall–Kier alpha value is -2.73. The number of ether oxygens (including phenoxy) is 1. The number of carbonyl (C=O) groups is 1. The molecule has 4 nitrogen and oxygen atoms in total. The van der Waals surface area contributed by atoms with Gasteiger partial charge in [-0.15, -0.1) is 0 Å². The number of hydrogen-bond acceptors (Lipinski definition) is 3. The van der Waals surface area contributed by atoms with Gasteiger partial charge < -0.3 is 15.0 Å². The third-order valence-corrected chi connectivity index (χ3v) is 4.71. The first-order valence-corrected chi connectivity index (χ1v) is 9.32. The van der Waals surface area contributed by atoms with Crippen LogP contribution in [0.15, 0.2) is 48.5 Å². The summed E-state index contributed by atoms with van der Waals surface area (Å²) in [5.41, 5.74) is 2.52. The molecule has 6 heteroatoms. The zero-order chi connectivity index (χ0) is 20.1. The summed E-state index contributed by atoms with van der Waals surface area (Å²) in [6.07, 6.45) is 2.96. The van der Waals surface area contributed by atoms with Crippen molar-refractivity contribution in [2.75, 3.05) is 24.6 Å². The molecule has 1 amide bonds. The van der Waals surface area contributed by atoms with E-state index < -0.39 is 11.6 Å². The Morgan fingerprint density at radius 3 is 2.82 bits per heavy atom. The van der Waals surface area contributed by atoms with E-state index >= 15 is 0 Å². The number of rotatable bonds is 5. The Kier molecular flexibility index (Phi) is 6.41. The number of anilines is 1. The third kappa shape index (κ3) is 5.16. The van der Waals surface area contributed by atoms with Gasteiger partial charge in [0.2, 0.25) is 5.91 Å². The Morgan fingerprint density at radius 2 is 2.07 bits per heavy atom. The van der Waals surface area contributed by atoms with E-state index in [1.54, 1.807) is 0 Å². The molecule has 1 heterocycles. The van der Waals surface area contributed by atoms with Crippen LogP contribution in [-0.2, 0) is 9.53 Å². The van der Waals surface area contributed by atoms with Crippen LogP contribution in [-0.4, -0.2) is 31.7 Å². The van der Waals surface area contributed by atoms with Crippen molar-refractivity contribution in [3.8, 4) is 0 Å². The zero-order valence-corrected chi connectivity index (χ0v) is 16.0. The van der Waals surface area contributed by atoms with Crippen LogP contribution < -0.4 is 10.2 Å². The van der Waals surface area contributed by atoms with Crippen LogP contribution in [0.2, 0.25) is 0 Å². The van der Waals surface area contributed by atoms with Crippen molar-refractivity contribution in [3.63, 3.8) is 0 Å². The van der Waals surface area contributed by atoms with E-state index in [0.717, 1.165) is 36.5 Å². The van der Waals surface area contributed by atoms with Crippen LogP contribution in [0.3, 0.4) is 0 Å². The summed E-state index contributed by atoms with van der Waals surface area (Å²) in [5.74, 6) is -2.16. The number of hydrogen-bond donors (Lipinski definition) is 1. The van der Waals surface area contributed by atoms with Gasteiger partial charge in [0.1, 0.15) is 0 Å². The highest BCUT2D eigenvalue weighted by atomic mass is 19.2. The summed E-state index contributed by atoms with van der Waals surface area (Å²) in [7, 11) is 0. The van der Waals surface area contributed by atoms with E-state index in [9.17, 15) is 13.6 Å². The lowest BCUT2D eigenvalue weighted by Crippen LogP contribution is -2.41. The summed E-state index contributed by atoms with van der Waals surface area (Å²) in [5, 5.41) is 2.89. The predicted octanol–water partition coefficient (Wildman–Crippen LogP) is 4.08. The molecule has 148 valence electrons. The molecule has 0 aromatic heterocycles. The molecule has 1 fully saturated rings. The highest BCUT2D eigenvalue weighted by Crippen LogP contribution is 2.22. The van der Waals surface area contributed by atoms with Crippen LogP contribution >= 0.6 is 0 Å². The lowest BCUT2D eigenvalue weighted by molar-refractivity contribution is -0.117. The fourth-order valence-corrected chi connectivity index (χ4v) is 3.18. The number of nitrogens with zero attached hydrogens (tertiary/aromatic N) is 1. The van der Waals surface area contributed by atoms with Gasteiger partial charge in [0.05, 0.1) is 18.8 Å². The molecular weight excluding hydrogens is 362 g/mol. The first-order chi connectivity index (χ1) is 13.4. The van der Waals surface area contributed by atoms with E-state index in [0.29, 0.717) is 12.2 Å². The summed E-state index contributed by atoms with van der Waals surface area (Å²) >= 11 is 0. The van der Waals surface area contributed by atoms with Gasteiger partial charge in [0.25, 0.3) is 0 Å². The number of benzene rings is 2. The second-order valence-corrected chi connectivity index (χ2v) is 6.96. The van der Waals surface area contributed by atoms with Gasteiger partial charge >= 0.3 is 0 Å². The highest BCUT2D eigenvalue weighted by molar-refractivity contribution is 5.92. The van der Waals surface area contributed by atoms with Gasteiger partial charge in [-0.3, -0.25) is 4.79 Å². The number of nitrogens with one attached hydrogen (secondary N) is 1. The largest absolute Gasteiger partial charge is 0.375 e. The molecule has 1 N–H and O–H groups in total. The molecule has 0 bridgehead atoms. The van der Waals surface area contributed by atoms with Crippen LogP contribution in [0.5, 0.6) is 0 Å². The molecule has 2 atom stereocenters. The lowest BCUT2D eigenvalue weighted by Gasteiger charge is -2.33. The molecule has 1 saturated heterocycles. The normalized spacial score (nSPS) is 18.3. The molecular formula is C22H24F2N2O2. The van der Waals surface area contributed by atoms with Crippen molar-refractivity contribution < 1.29 is 18.3 Å². The number of carbonyl (C=O) groups excluding carboxylic acids is 1. The van der Waals surface area contributed by atoms with Crippen molar-refractivity contribution in [1.29, 1.82) is 0 Å². The Bertz CT molecular complexity index is 869. The minimum atomic E-state index is -0.940. The minimum Gasteiger partial charge on any atom is -0.375 e. The van der Waals surface area contributed by atoms with Gasteiger partial charge in [0, 0.05) is 24.9 Å². The second-order valence-electron chi connectivity index (χ2n) is 6.96. The van der Waals surface area contributed by atoms with Crippen LogP contribution in [0, 0.1) is 11.6 Å². The maximum Gasteiger partial charge on any atom is 0.244 e. The second kappa shape index (κ2) is 8.97. The van der Waals surface area contributed by atoms with E-state index in [-0.39, 0.29) is 18.1 Å². The SMILES string of the molecule is CC(NC(=O)C=Cc1ccc(F)c(F)c1)c1cccc(N2CCO[C@@H](C)C2)c1. The average molecular weight is 386 g/mol. The van der Waals surface area contributed by atoms with E-state index in [1.807, 2.05) is 19.1 Å². The molecule has 0 spiro atoms. The smallest absolute Gasteiger partial charge is 0.244 e. The van der Waals surface area contributed by atoms with Crippen molar-refractivity contribution in [1.82, 2.24) is 5.32 Å². The standard InChI is InChI=1S/C22H24F2N2O2/c1-15-14-26(10-11-28-15)19-5-3-4-18(13-19)16(2)25-22(27)9-7-17-6-8-20(23)21(24)12-17/h3-9,12-13,15-16H,10-11,14H2,1-2H3,(H,25,27)/t15-,16?/m0/s1. The average Bonchev–Trinajstić information content (AvgIpc) is 2.69. The van der Waals surface area contributed by atoms with E-state index in [1.165, 1.54) is 18.2 Å². The van der Waals surface area contributed by atoms with Gasteiger partial charge in [-0.25, -0.2) is 8.78 Å². The maximum atomic E-state index is 13.2. The van der Waals surface area contributed by atoms with Crippen LogP contribution in [0.4, 0.5) is 14.5 Å². The van der Waals surface area contributed by atoms with Gasteiger partial charge in [0.15, 0.2) is 11.6 Å².